The summed E-state index contributed by atoms with van der Waals surface area (Å²) in [7, 11) is 0. The molecule has 0 bridgehead atoms. The first kappa shape index (κ1) is 10.6. The number of fused-ring (bicyclic) bond motifs is 1. The first-order valence-electron chi connectivity index (χ1n) is 5.25. The average Bonchev–Trinajstić information content (AvgIpc) is 2.25. The topological polar surface area (TPSA) is 70.7 Å². The van der Waals surface area contributed by atoms with Crippen LogP contribution in [0.4, 0.5) is 5.82 Å². The Morgan fingerprint density at radius 3 is 3.06 bits per heavy atom. The molecule has 2 aromatic rings. The quantitative estimate of drug-likeness (QED) is 0.816. The van der Waals surface area contributed by atoms with Crippen LogP contribution in [-0.4, -0.2) is 21.5 Å². The van der Waals surface area contributed by atoms with E-state index in [1.807, 2.05) is 12.1 Å². The Hall–Kier alpha value is -1.91. The van der Waals surface area contributed by atoms with Crippen molar-refractivity contribution in [3.05, 3.63) is 28.8 Å². The van der Waals surface area contributed by atoms with Crippen molar-refractivity contribution in [2.45, 2.75) is 13.8 Å². The summed E-state index contributed by atoms with van der Waals surface area (Å²) in [6.07, 6.45) is 1.64. The number of nitrogens with zero attached hydrogens (tertiary/aromatic N) is 2. The Morgan fingerprint density at radius 1 is 1.50 bits per heavy atom. The normalized spacial score (nSPS) is 10.9. The molecule has 2 rings (SSSR count). The van der Waals surface area contributed by atoms with Gasteiger partial charge in [-0.2, -0.15) is 4.98 Å². The lowest BCUT2D eigenvalue weighted by Gasteiger charge is -2.09. The SMILES string of the molecule is CC(C)CNc1nc(=O)[nH]c2ncccc12. The number of aromatic nitrogens is 3. The molecular formula is C11H14N4O. The molecule has 16 heavy (non-hydrogen) atoms. The number of pyridine rings is 1. The van der Waals surface area contributed by atoms with Crippen LogP contribution >= 0.6 is 0 Å². The van der Waals surface area contributed by atoms with Gasteiger partial charge in [0, 0.05) is 12.7 Å². The number of anilines is 1. The van der Waals surface area contributed by atoms with Gasteiger partial charge in [-0.05, 0) is 18.1 Å². The lowest BCUT2D eigenvalue weighted by atomic mass is 10.2. The second kappa shape index (κ2) is 4.30. The van der Waals surface area contributed by atoms with Crippen molar-refractivity contribution in [1.29, 1.82) is 0 Å². The van der Waals surface area contributed by atoms with Crippen LogP contribution < -0.4 is 11.0 Å². The van der Waals surface area contributed by atoms with Gasteiger partial charge in [0.05, 0.1) is 5.39 Å². The molecule has 2 N–H and O–H groups in total. The zero-order valence-electron chi connectivity index (χ0n) is 9.32. The summed E-state index contributed by atoms with van der Waals surface area (Å²) < 4.78 is 0. The maximum atomic E-state index is 11.3. The Balaban J connectivity index is 2.46. The molecule has 0 aliphatic heterocycles. The third kappa shape index (κ3) is 2.18. The number of hydrogen-bond donors (Lipinski definition) is 2. The third-order valence-corrected chi connectivity index (χ3v) is 2.18. The molecule has 0 atom stereocenters. The van der Waals surface area contributed by atoms with Gasteiger partial charge in [0.1, 0.15) is 11.5 Å². The highest BCUT2D eigenvalue weighted by molar-refractivity contribution is 5.85. The minimum atomic E-state index is -0.377. The van der Waals surface area contributed by atoms with Crippen molar-refractivity contribution in [2.75, 3.05) is 11.9 Å². The van der Waals surface area contributed by atoms with Crippen LogP contribution in [0.5, 0.6) is 0 Å². The van der Waals surface area contributed by atoms with Crippen LogP contribution in [0.2, 0.25) is 0 Å². The van der Waals surface area contributed by atoms with E-state index in [0.29, 0.717) is 17.4 Å². The van der Waals surface area contributed by atoms with E-state index in [-0.39, 0.29) is 5.69 Å². The maximum absolute atomic E-state index is 11.3. The fourth-order valence-corrected chi connectivity index (χ4v) is 1.42. The summed E-state index contributed by atoms with van der Waals surface area (Å²) in [5.74, 6) is 1.09. The molecule has 0 aliphatic rings. The Morgan fingerprint density at radius 2 is 2.31 bits per heavy atom. The summed E-state index contributed by atoms with van der Waals surface area (Å²) in [4.78, 5) is 21.9. The molecule has 0 aliphatic carbocycles. The van der Waals surface area contributed by atoms with Crippen molar-refractivity contribution in [3.8, 4) is 0 Å². The number of H-pyrrole nitrogens is 1. The monoisotopic (exact) mass is 218 g/mol. The van der Waals surface area contributed by atoms with Crippen LogP contribution in [0, 0.1) is 5.92 Å². The number of hydrogen-bond acceptors (Lipinski definition) is 4. The predicted molar refractivity (Wildman–Crippen MR) is 63.5 cm³/mol. The smallest absolute Gasteiger partial charge is 0.348 e. The molecule has 0 saturated heterocycles. The fraction of sp³-hybridized carbons (Fsp3) is 0.364. The molecule has 84 valence electrons. The van der Waals surface area contributed by atoms with Crippen molar-refractivity contribution in [1.82, 2.24) is 15.0 Å². The molecular weight excluding hydrogens is 204 g/mol. The van der Waals surface area contributed by atoms with Crippen LogP contribution in [0.15, 0.2) is 23.1 Å². The van der Waals surface area contributed by atoms with Crippen molar-refractivity contribution in [2.24, 2.45) is 5.92 Å². The van der Waals surface area contributed by atoms with Crippen molar-refractivity contribution >= 4 is 16.9 Å². The van der Waals surface area contributed by atoms with Gasteiger partial charge in [0.15, 0.2) is 0 Å². The zero-order valence-corrected chi connectivity index (χ0v) is 9.32. The van der Waals surface area contributed by atoms with Crippen LogP contribution in [0.1, 0.15) is 13.8 Å². The summed E-state index contributed by atoms with van der Waals surface area (Å²) in [5, 5.41) is 3.99. The van der Waals surface area contributed by atoms with Crippen molar-refractivity contribution in [3.63, 3.8) is 0 Å². The molecule has 2 aromatic heterocycles. The lowest BCUT2D eigenvalue weighted by Crippen LogP contribution is -2.17. The highest BCUT2D eigenvalue weighted by atomic mass is 16.1. The van der Waals surface area contributed by atoms with Gasteiger partial charge in [-0.1, -0.05) is 13.8 Å². The van der Waals surface area contributed by atoms with E-state index in [2.05, 4.69) is 34.1 Å². The molecule has 0 radical (unpaired) electrons. The molecule has 5 nitrogen and oxygen atoms in total. The largest absolute Gasteiger partial charge is 0.369 e. The molecule has 5 heteroatoms. The first-order valence-corrected chi connectivity index (χ1v) is 5.25. The van der Waals surface area contributed by atoms with Gasteiger partial charge >= 0.3 is 5.69 Å². The second-order valence-electron chi connectivity index (χ2n) is 4.06. The average molecular weight is 218 g/mol. The van der Waals surface area contributed by atoms with Gasteiger partial charge in [0.25, 0.3) is 0 Å². The fourth-order valence-electron chi connectivity index (χ4n) is 1.42. The minimum absolute atomic E-state index is 0.377. The number of aromatic amines is 1. The van der Waals surface area contributed by atoms with Gasteiger partial charge in [-0.15, -0.1) is 0 Å². The lowest BCUT2D eigenvalue weighted by molar-refractivity contribution is 0.687. The Kier molecular flexibility index (Phi) is 2.85. The Bertz CT molecular complexity index is 547. The second-order valence-corrected chi connectivity index (χ2v) is 4.06. The number of nitrogens with one attached hydrogen (secondary N) is 2. The highest BCUT2D eigenvalue weighted by Crippen LogP contribution is 2.15. The van der Waals surface area contributed by atoms with Gasteiger partial charge in [-0.25, -0.2) is 9.78 Å². The summed E-state index contributed by atoms with van der Waals surface area (Å²) in [5.41, 5.74) is 0.186. The predicted octanol–water partition coefficient (Wildman–Crippen LogP) is 1.39. The Labute approximate surface area is 92.9 Å². The van der Waals surface area contributed by atoms with E-state index in [0.717, 1.165) is 11.9 Å². The summed E-state index contributed by atoms with van der Waals surface area (Å²) in [6, 6.07) is 3.71. The van der Waals surface area contributed by atoms with Crippen LogP contribution in [-0.2, 0) is 0 Å². The standard InChI is InChI=1S/C11H14N4O/c1-7(2)6-13-10-8-4-3-5-12-9(8)14-11(16)15-10/h3-5,7H,6H2,1-2H3,(H2,12,13,14,15,16). The molecule has 0 unspecified atom stereocenters. The number of rotatable bonds is 3. The first-order chi connectivity index (χ1) is 7.66. The molecule has 0 fully saturated rings. The van der Waals surface area contributed by atoms with E-state index < -0.39 is 0 Å². The van der Waals surface area contributed by atoms with Gasteiger partial charge in [0.2, 0.25) is 0 Å². The minimum Gasteiger partial charge on any atom is -0.369 e. The third-order valence-electron chi connectivity index (χ3n) is 2.18. The van der Waals surface area contributed by atoms with E-state index in [1.165, 1.54) is 0 Å². The molecule has 0 amide bonds. The molecule has 2 heterocycles. The van der Waals surface area contributed by atoms with Gasteiger partial charge < -0.3 is 5.32 Å². The van der Waals surface area contributed by atoms with E-state index in [9.17, 15) is 4.79 Å². The molecule has 0 saturated carbocycles. The van der Waals surface area contributed by atoms with Crippen molar-refractivity contribution < 1.29 is 0 Å². The summed E-state index contributed by atoms with van der Waals surface area (Å²) in [6.45, 7) is 4.97. The van der Waals surface area contributed by atoms with E-state index in [4.69, 9.17) is 0 Å². The van der Waals surface area contributed by atoms with E-state index in [1.54, 1.807) is 6.20 Å². The van der Waals surface area contributed by atoms with E-state index >= 15 is 0 Å². The van der Waals surface area contributed by atoms with Crippen LogP contribution in [0.25, 0.3) is 11.0 Å². The highest BCUT2D eigenvalue weighted by Gasteiger charge is 2.05. The maximum Gasteiger partial charge on any atom is 0.348 e. The van der Waals surface area contributed by atoms with Gasteiger partial charge in [-0.3, -0.25) is 4.98 Å². The van der Waals surface area contributed by atoms with Crippen LogP contribution in [0.3, 0.4) is 0 Å². The summed E-state index contributed by atoms with van der Waals surface area (Å²) >= 11 is 0. The molecule has 0 aromatic carbocycles. The zero-order chi connectivity index (χ0) is 11.5. The molecule has 0 spiro atoms.